The Labute approximate surface area is 215 Å². The number of hydrogen-bond donors (Lipinski definition) is 4. The van der Waals surface area contributed by atoms with Crippen molar-refractivity contribution in [2.75, 3.05) is 13.2 Å². The van der Waals surface area contributed by atoms with Gasteiger partial charge in [0.15, 0.2) is 5.79 Å². The molecule has 0 aromatic carbocycles. The summed E-state index contributed by atoms with van der Waals surface area (Å²) in [4.78, 5) is 11.8. The van der Waals surface area contributed by atoms with Gasteiger partial charge in [0.2, 0.25) is 0 Å². The van der Waals surface area contributed by atoms with E-state index < -0.39 is 23.8 Å². The van der Waals surface area contributed by atoms with E-state index in [1.54, 1.807) is 6.92 Å². The first-order valence-electron chi connectivity index (χ1n) is 14.5. The van der Waals surface area contributed by atoms with E-state index in [1.165, 1.54) is 0 Å². The first-order valence-corrected chi connectivity index (χ1v) is 14.5. The highest BCUT2D eigenvalue weighted by Crippen LogP contribution is 2.68. The van der Waals surface area contributed by atoms with Gasteiger partial charge in [0.05, 0.1) is 31.5 Å². The van der Waals surface area contributed by atoms with Crippen molar-refractivity contribution in [3.8, 4) is 0 Å². The Balaban J connectivity index is 1.34. The Morgan fingerprint density at radius 2 is 1.67 bits per heavy atom. The zero-order chi connectivity index (χ0) is 26.0. The van der Waals surface area contributed by atoms with Crippen LogP contribution in [0.2, 0.25) is 0 Å². The predicted octanol–water partition coefficient (Wildman–Crippen LogP) is 3.83. The van der Waals surface area contributed by atoms with Gasteiger partial charge in [-0.1, -0.05) is 20.8 Å². The van der Waals surface area contributed by atoms with Gasteiger partial charge >= 0.3 is 5.97 Å². The molecule has 5 fully saturated rings. The third kappa shape index (κ3) is 3.98. The number of rotatable bonds is 6. The molecule has 0 amide bonds. The maximum Gasteiger partial charge on any atom is 0.311 e. The Kier molecular flexibility index (Phi) is 7.07. The average molecular weight is 509 g/mol. The number of carbonyl (C=O) groups is 1. The topological polar surface area (TPSA) is 116 Å². The molecule has 7 heteroatoms. The Morgan fingerprint density at radius 3 is 2.33 bits per heavy atom. The second-order valence-electron chi connectivity index (χ2n) is 13.6. The first-order chi connectivity index (χ1) is 16.9. The lowest BCUT2D eigenvalue weighted by molar-refractivity contribution is -0.213. The molecule has 12 atom stereocenters. The first kappa shape index (κ1) is 26.9. The number of aliphatic hydroxyl groups excluding tert-OH is 3. The minimum Gasteiger partial charge on any atom is -0.481 e. The average Bonchev–Trinajstić information content (AvgIpc) is 3.45. The van der Waals surface area contributed by atoms with E-state index in [-0.39, 0.29) is 40.8 Å². The SMILES string of the molecule is CC(C(=O)O)C1(CC[C@@H](C)[C@H]2CC[C@H]3[C@@H]4[C@H](O)C[C@@H]5C[C@H](O)CC[C@]5(C)[C@H]4C[C@H](O)[C@]23C)OCCO1. The molecule has 7 nitrogen and oxygen atoms in total. The summed E-state index contributed by atoms with van der Waals surface area (Å²) in [6, 6.07) is 0. The summed E-state index contributed by atoms with van der Waals surface area (Å²) in [6.07, 6.45) is 6.38. The summed E-state index contributed by atoms with van der Waals surface area (Å²) < 4.78 is 11.8. The molecule has 36 heavy (non-hydrogen) atoms. The summed E-state index contributed by atoms with van der Waals surface area (Å²) >= 11 is 0. The lowest BCUT2D eigenvalue weighted by Gasteiger charge is -2.63. The second-order valence-corrected chi connectivity index (χ2v) is 13.6. The molecule has 4 saturated carbocycles. The molecule has 0 spiro atoms. The number of aliphatic carboxylic acids is 1. The van der Waals surface area contributed by atoms with Crippen LogP contribution < -0.4 is 0 Å². The van der Waals surface area contributed by atoms with Crippen molar-refractivity contribution in [1.82, 2.24) is 0 Å². The van der Waals surface area contributed by atoms with E-state index in [1.807, 2.05) is 0 Å². The number of hydrogen-bond acceptors (Lipinski definition) is 6. The minimum absolute atomic E-state index is 0.0750. The van der Waals surface area contributed by atoms with Crippen molar-refractivity contribution in [2.45, 2.75) is 110 Å². The number of carboxylic acids is 1. The summed E-state index contributed by atoms with van der Waals surface area (Å²) in [5.74, 6) is -1.02. The molecule has 5 rings (SSSR count). The van der Waals surface area contributed by atoms with E-state index >= 15 is 0 Å². The highest BCUT2D eigenvalue weighted by molar-refractivity contribution is 5.70. The molecule has 1 saturated heterocycles. The van der Waals surface area contributed by atoms with Gasteiger partial charge in [0.25, 0.3) is 0 Å². The van der Waals surface area contributed by atoms with Crippen LogP contribution in [-0.2, 0) is 14.3 Å². The minimum atomic E-state index is -1.07. The van der Waals surface area contributed by atoms with Crippen LogP contribution in [0.25, 0.3) is 0 Å². The molecule has 0 radical (unpaired) electrons. The monoisotopic (exact) mass is 508 g/mol. The molecule has 4 aliphatic carbocycles. The van der Waals surface area contributed by atoms with Crippen LogP contribution in [0.4, 0.5) is 0 Å². The highest BCUT2D eigenvalue weighted by Gasteiger charge is 2.65. The molecular weight excluding hydrogens is 460 g/mol. The van der Waals surface area contributed by atoms with E-state index in [9.17, 15) is 25.2 Å². The molecule has 1 heterocycles. The largest absolute Gasteiger partial charge is 0.481 e. The second kappa shape index (κ2) is 9.48. The van der Waals surface area contributed by atoms with Gasteiger partial charge in [-0.2, -0.15) is 0 Å². The van der Waals surface area contributed by atoms with Gasteiger partial charge in [-0.25, -0.2) is 0 Å². The van der Waals surface area contributed by atoms with Gasteiger partial charge < -0.3 is 29.9 Å². The van der Waals surface area contributed by atoms with Crippen molar-refractivity contribution in [2.24, 2.45) is 52.3 Å². The van der Waals surface area contributed by atoms with Crippen LogP contribution in [0, 0.1) is 52.3 Å². The number of ether oxygens (including phenoxy) is 2. The summed E-state index contributed by atoms with van der Waals surface area (Å²) in [6.45, 7) is 9.37. The Hall–Kier alpha value is -0.730. The fourth-order valence-corrected chi connectivity index (χ4v) is 10.0. The maximum absolute atomic E-state index is 11.8. The fourth-order valence-electron chi connectivity index (χ4n) is 10.0. The van der Waals surface area contributed by atoms with Crippen LogP contribution in [-0.4, -0.2) is 63.7 Å². The Morgan fingerprint density at radius 1 is 0.972 bits per heavy atom. The third-order valence-corrected chi connectivity index (χ3v) is 12.3. The summed E-state index contributed by atoms with van der Waals surface area (Å²) in [5, 5.41) is 43.2. The van der Waals surface area contributed by atoms with Gasteiger partial charge in [-0.15, -0.1) is 0 Å². The van der Waals surface area contributed by atoms with Crippen LogP contribution in [0.1, 0.15) is 85.5 Å². The van der Waals surface area contributed by atoms with Crippen LogP contribution in [0.15, 0.2) is 0 Å². The molecule has 5 aliphatic rings. The number of fused-ring (bicyclic) bond motifs is 5. The normalized spacial score (nSPS) is 49.5. The lowest BCUT2D eigenvalue weighted by Crippen LogP contribution is -2.62. The molecule has 206 valence electrons. The van der Waals surface area contributed by atoms with Gasteiger partial charge in [0, 0.05) is 6.42 Å². The van der Waals surface area contributed by atoms with Crippen molar-refractivity contribution in [1.29, 1.82) is 0 Å². The van der Waals surface area contributed by atoms with Gasteiger partial charge in [-0.3, -0.25) is 4.79 Å². The van der Waals surface area contributed by atoms with Crippen LogP contribution in [0.5, 0.6) is 0 Å². The lowest BCUT2D eigenvalue weighted by atomic mass is 9.43. The Bertz CT molecular complexity index is 826. The molecular formula is C29H48O7. The zero-order valence-corrected chi connectivity index (χ0v) is 22.6. The van der Waals surface area contributed by atoms with E-state index in [4.69, 9.17) is 9.47 Å². The molecule has 0 bridgehead atoms. The van der Waals surface area contributed by atoms with E-state index in [0.29, 0.717) is 37.4 Å². The molecule has 0 aromatic heterocycles. The van der Waals surface area contributed by atoms with Crippen molar-refractivity contribution < 1.29 is 34.7 Å². The molecule has 1 unspecified atom stereocenters. The zero-order valence-electron chi connectivity index (χ0n) is 22.6. The standard InChI is InChI=1S/C29H48O7/c1-16(7-10-29(17(2)26(33)34)35-11-12-36-29)20-5-6-21-25-22(15-24(32)28(20,21)4)27(3)9-8-19(30)13-18(27)14-23(25)31/h16-25,30-32H,5-15H2,1-4H3,(H,33,34)/t16-,17?,18+,19-,20-,21+,22+,23-,24+,25+,27+,28-/m1/s1. The summed E-state index contributed by atoms with van der Waals surface area (Å²) in [7, 11) is 0. The fraction of sp³-hybridized carbons (Fsp3) is 0.966. The quantitative estimate of drug-likeness (QED) is 0.431. The van der Waals surface area contributed by atoms with Crippen molar-refractivity contribution >= 4 is 5.97 Å². The highest BCUT2D eigenvalue weighted by atomic mass is 16.7. The van der Waals surface area contributed by atoms with Gasteiger partial charge in [0.1, 0.15) is 5.92 Å². The number of carboxylic acid groups (broad SMARTS) is 1. The van der Waals surface area contributed by atoms with Crippen LogP contribution >= 0.6 is 0 Å². The van der Waals surface area contributed by atoms with Gasteiger partial charge in [-0.05, 0) is 105 Å². The van der Waals surface area contributed by atoms with E-state index in [2.05, 4.69) is 20.8 Å². The maximum atomic E-state index is 11.8. The van der Waals surface area contributed by atoms with Crippen molar-refractivity contribution in [3.63, 3.8) is 0 Å². The molecule has 1 aliphatic heterocycles. The molecule has 0 aromatic rings. The van der Waals surface area contributed by atoms with Crippen molar-refractivity contribution in [3.05, 3.63) is 0 Å². The van der Waals surface area contributed by atoms with E-state index in [0.717, 1.165) is 51.4 Å². The van der Waals surface area contributed by atoms with Crippen LogP contribution in [0.3, 0.4) is 0 Å². The predicted molar refractivity (Wildman–Crippen MR) is 134 cm³/mol. The number of aliphatic hydroxyl groups is 3. The summed E-state index contributed by atoms with van der Waals surface area (Å²) in [5.41, 5.74) is -0.187. The smallest absolute Gasteiger partial charge is 0.311 e. The molecule has 4 N–H and O–H groups in total. The third-order valence-electron chi connectivity index (χ3n) is 12.3.